The smallest absolute Gasteiger partial charge is 0.147 e. The van der Waals surface area contributed by atoms with Crippen LogP contribution in [0, 0.1) is 0 Å². The molecule has 1 aromatic heterocycles. The van der Waals surface area contributed by atoms with Gasteiger partial charge in [-0.1, -0.05) is 30.9 Å². The van der Waals surface area contributed by atoms with Crippen LogP contribution in [0.4, 0.5) is 5.82 Å². The summed E-state index contributed by atoms with van der Waals surface area (Å²) in [6.45, 7) is 3.97. The van der Waals surface area contributed by atoms with Gasteiger partial charge in [0.25, 0.3) is 0 Å². The zero-order valence-electron chi connectivity index (χ0n) is 12.0. The standard InChI is InChI=1S/C15H24ClN3/c1-3-19(13-7-5-4-6-8-13)15-14(16)9-12(10-17-2)11-18-15/h9,11,13,17H,3-8,10H2,1-2H3. The Labute approximate surface area is 121 Å². The summed E-state index contributed by atoms with van der Waals surface area (Å²) in [5, 5.41) is 3.90. The minimum Gasteiger partial charge on any atom is -0.353 e. The highest BCUT2D eigenvalue weighted by molar-refractivity contribution is 6.33. The lowest BCUT2D eigenvalue weighted by molar-refractivity contribution is 0.416. The summed E-state index contributed by atoms with van der Waals surface area (Å²) in [7, 11) is 1.93. The highest BCUT2D eigenvalue weighted by Gasteiger charge is 2.22. The fourth-order valence-electron chi connectivity index (χ4n) is 2.96. The zero-order valence-corrected chi connectivity index (χ0v) is 12.7. The summed E-state index contributed by atoms with van der Waals surface area (Å²) in [5.74, 6) is 0.955. The summed E-state index contributed by atoms with van der Waals surface area (Å²) >= 11 is 6.43. The normalized spacial score (nSPS) is 16.6. The topological polar surface area (TPSA) is 28.2 Å². The largest absolute Gasteiger partial charge is 0.353 e. The van der Waals surface area contributed by atoms with Crippen LogP contribution in [0.15, 0.2) is 12.3 Å². The number of pyridine rings is 1. The second-order valence-corrected chi connectivity index (χ2v) is 5.66. The van der Waals surface area contributed by atoms with Gasteiger partial charge in [0.05, 0.1) is 5.02 Å². The number of halogens is 1. The van der Waals surface area contributed by atoms with Gasteiger partial charge in [-0.3, -0.25) is 0 Å². The van der Waals surface area contributed by atoms with E-state index in [-0.39, 0.29) is 0 Å². The molecule has 0 radical (unpaired) electrons. The number of aromatic nitrogens is 1. The second kappa shape index (κ2) is 7.11. The molecule has 19 heavy (non-hydrogen) atoms. The van der Waals surface area contributed by atoms with E-state index in [1.54, 1.807) is 0 Å². The van der Waals surface area contributed by atoms with Crippen LogP contribution >= 0.6 is 11.6 Å². The van der Waals surface area contributed by atoms with Crippen molar-refractivity contribution in [3.8, 4) is 0 Å². The van der Waals surface area contributed by atoms with Gasteiger partial charge in [0, 0.05) is 25.3 Å². The molecule has 0 aliphatic heterocycles. The molecule has 0 unspecified atom stereocenters. The maximum absolute atomic E-state index is 6.43. The molecule has 0 amide bonds. The molecule has 0 atom stereocenters. The third kappa shape index (κ3) is 3.61. The molecule has 1 aliphatic rings. The number of nitrogens with one attached hydrogen (secondary N) is 1. The molecule has 1 heterocycles. The average Bonchev–Trinajstić information content (AvgIpc) is 2.43. The van der Waals surface area contributed by atoms with Crippen molar-refractivity contribution in [1.82, 2.24) is 10.3 Å². The number of anilines is 1. The molecule has 0 spiro atoms. The number of hydrogen-bond acceptors (Lipinski definition) is 3. The summed E-state index contributed by atoms with van der Waals surface area (Å²) < 4.78 is 0. The number of rotatable bonds is 5. The van der Waals surface area contributed by atoms with Gasteiger partial charge in [-0.2, -0.15) is 0 Å². The molecule has 1 aromatic rings. The SMILES string of the molecule is CCN(c1ncc(CNC)cc1Cl)C1CCCCC1. The van der Waals surface area contributed by atoms with Crippen LogP contribution < -0.4 is 10.2 Å². The Balaban J connectivity index is 2.17. The zero-order chi connectivity index (χ0) is 13.7. The molecule has 0 aromatic carbocycles. The first-order chi connectivity index (χ1) is 9.26. The molecule has 3 nitrogen and oxygen atoms in total. The first-order valence-corrected chi connectivity index (χ1v) is 7.69. The van der Waals surface area contributed by atoms with Crippen molar-refractivity contribution in [2.75, 3.05) is 18.5 Å². The molecular formula is C15H24ClN3. The lowest BCUT2D eigenvalue weighted by atomic mass is 9.94. The maximum atomic E-state index is 6.43. The quantitative estimate of drug-likeness (QED) is 0.894. The third-order valence-corrected chi connectivity index (χ3v) is 4.17. The summed E-state index contributed by atoms with van der Waals surface area (Å²) in [4.78, 5) is 6.98. The van der Waals surface area contributed by atoms with Gasteiger partial charge in [0.2, 0.25) is 0 Å². The van der Waals surface area contributed by atoms with E-state index in [1.165, 1.54) is 32.1 Å². The van der Waals surface area contributed by atoms with Crippen molar-refractivity contribution in [2.24, 2.45) is 0 Å². The van der Waals surface area contributed by atoms with E-state index in [0.717, 1.165) is 29.5 Å². The van der Waals surface area contributed by atoms with Gasteiger partial charge in [-0.25, -0.2) is 4.98 Å². The van der Waals surface area contributed by atoms with Crippen LogP contribution in [0.1, 0.15) is 44.6 Å². The minimum atomic E-state index is 0.610. The van der Waals surface area contributed by atoms with Crippen molar-refractivity contribution in [3.05, 3.63) is 22.8 Å². The first-order valence-electron chi connectivity index (χ1n) is 7.32. The summed E-state index contributed by atoms with van der Waals surface area (Å²) in [6, 6.07) is 2.64. The van der Waals surface area contributed by atoms with Crippen LogP contribution in [0.5, 0.6) is 0 Å². The van der Waals surface area contributed by atoms with Gasteiger partial charge in [-0.15, -0.1) is 0 Å². The van der Waals surface area contributed by atoms with E-state index in [4.69, 9.17) is 11.6 Å². The fourth-order valence-corrected chi connectivity index (χ4v) is 3.25. The average molecular weight is 282 g/mol. The van der Waals surface area contributed by atoms with Gasteiger partial charge >= 0.3 is 0 Å². The molecule has 1 N–H and O–H groups in total. The molecule has 0 saturated heterocycles. The minimum absolute atomic E-state index is 0.610. The highest BCUT2D eigenvalue weighted by atomic mass is 35.5. The Morgan fingerprint density at radius 3 is 2.68 bits per heavy atom. The van der Waals surface area contributed by atoms with Gasteiger partial charge in [0.1, 0.15) is 5.82 Å². The molecule has 1 aliphatic carbocycles. The highest BCUT2D eigenvalue weighted by Crippen LogP contribution is 2.30. The van der Waals surface area contributed by atoms with Crippen molar-refractivity contribution in [1.29, 1.82) is 0 Å². The predicted molar refractivity (Wildman–Crippen MR) is 81.9 cm³/mol. The molecular weight excluding hydrogens is 258 g/mol. The van der Waals surface area contributed by atoms with E-state index < -0.39 is 0 Å². The van der Waals surface area contributed by atoms with E-state index >= 15 is 0 Å². The second-order valence-electron chi connectivity index (χ2n) is 5.26. The van der Waals surface area contributed by atoms with Crippen LogP contribution in [-0.4, -0.2) is 24.6 Å². The van der Waals surface area contributed by atoms with Crippen LogP contribution in [0.25, 0.3) is 0 Å². The lowest BCUT2D eigenvalue weighted by Gasteiger charge is -2.35. The molecule has 1 fully saturated rings. The van der Waals surface area contributed by atoms with E-state index in [2.05, 4.69) is 22.1 Å². The van der Waals surface area contributed by atoms with Crippen LogP contribution in [0.3, 0.4) is 0 Å². The molecule has 4 heteroatoms. The van der Waals surface area contributed by atoms with Crippen molar-refractivity contribution in [2.45, 2.75) is 51.6 Å². The van der Waals surface area contributed by atoms with E-state index in [9.17, 15) is 0 Å². The monoisotopic (exact) mass is 281 g/mol. The third-order valence-electron chi connectivity index (χ3n) is 3.89. The van der Waals surface area contributed by atoms with Crippen molar-refractivity contribution >= 4 is 17.4 Å². The summed E-state index contributed by atoms with van der Waals surface area (Å²) in [6.07, 6.45) is 8.50. The van der Waals surface area contributed by atoms with Crippen LogP contribution in [0.2, 0.25) is 5.02 Å². The number of hydrogen-bond donors (Lipinski definition) is 1. The molecule has 0 bridgehead atoms. The lowest BCUT2D eigenvalue weighted by Crippen LogP contribution is -2.37. The molecule has 106 valence electrons. The molecule has 1 saturated carbocycles. The first kappa shape index (κ1) is 14.6. The van der Waals surface area contributed by atoms with Gasteiger partial charge < -0.3 is 10.2 Å². The van der Waals surface area contributed by atoms with Crippen molar-refractivity contribution in [3.63, 3.8) is 0 Å². The Morgan fingerprint density at radius 2 is 2.11 bits per heavy atom. The Hall–Kier alpha value is -0.800. The fraction of sp³-hybridized carbons (Fsp3) is 0.667. The van der Waals surface area contributed by atoms with E-state index in [0.29, 0.717) is 6.04 Å². The Bertz CT molecular complexity index is 402. The Morgan fingerprint density at radius 1 is 1.37 bits per heavy atom. The maximum Gasteiger partial charge on any atom is 0.147 e. The van der Waals surface area contributed by atoms with E-state index in [1.807, 2.05) is 19.3 Å². The predicted octanol–water partition coefficient (Wildman–Crippen LogP) is 3.61. The van der Waals surface area contributed by atoms with Gasteiger partial charge in [0.15, 0.2) is 0 Å². The molecule has 2 rings (SSSR count). The summed E-state index contributed by atoms with van der Waals surface area (Å²) in [5.41, 5.74) is 1.14. The van der Waals surface area contributed by atoms with Crippen LogP contribution in [-0.2, 0) is 6.54 Å². The Kier molecular flexibility index (Phi) is 5.46. The van der Waals surface area contributed by atoms with Crippen molar-refractivity contribution < 1.29 is 0 Å². The van der Waals surface area contributed by atoms with Gasteiger partial charge in [-0.05, 0) is 38.4 Å². The number of nitrogens with zero attached hydrogens (tertiary/aromatic N) is 2.